The average Bonchev–Trinajstić information content (AvgIpc) is 2.25. The number of hydrogen-bond donors (Lipinski definition) is 2. The van der Waals surface area contributed by atoms with Crippen molar-refractivity contribution < 1.29 is 15.0 Å². The lowest BCUT2D eigenvalue weighted by atomic mass is 9.91. The van der Waals surface area contributed by atoms with Crippen LogP contribution in [0.3, 0.4) is 0 Å². The molecule has 0 radical (unpaired) electrons. The lowest BCUT2D eigenvalue weighted by Crippen LogP contribution is -2.45. The summed E-state index contributed by atoms with van der Waals surface area (Å²) in [6.07, 6.45) is 3.07. The van der Waals surface area contributed by atoms with Crippen molar-refractivity contribution in [1.82, 2.24) is 4.90 Å². The Labute approximate surface area is 114 Å². The van der Waals surface area contributed by atoms with E-state index in [1.54, 1.807) is 17.0 Å². The maximum atomic E-state index is 12.3. The number of benzene rings is 1. The van der Waals surface area contributed by atoms with E-state index in [0.29, 0.717) is 12.1 Å². The van der Waals surface area contributed by atoms with E-state index in [-0.39, 0.29) is 24.3 Å². The number of rotatable bonds is 4. The van der Waals surface area contributed by atoms with E-state index in [0.717, 1.165) is 23.7 Å². The lowest BCUT2D eigenvalue weighted by Gasteiger charge is -2.37. The zero-order chi connectivity index (χ0) is 13.1. The molecule has 4 nitrogen and oxygen atoms in total. The summed E-state index contributed by atoms with van der Waals surface area (Å²) in [5, 5.41) is 18.9. The molecule has 1 saturated carbocycles. The van der Waals surface area contributed by atoms with Crippen LogP contribution < -0.4 is 0 Å². The molecule has 18 heavy (non-hydrogen) atoms. The summed E-state index contributed by atoms with van der Waals surface area (Å²) in [5.74, 6) is -0.240. The van der Waals surface area contributed by atoms with Crippen LogP contribution in [0, 0.1) is 0 Å². The van der Waals surface area contributed by atoms with Crippen LogP contribution in [0.2, 0.25) is 0 Å². The summed E-state index contributed by atoms with van der Waals surface area (Å²) in [5.41, 5.74) is 0.290. The van der Waals surface area contributed by atoms with Crippen LogP contribution in [0.1, 0.15) is 29.6 Å². The number of hydrogen-bond acceptors (Lipinski definition) is 3. The third kappa shape index (κ3) is 2.67. The van der Waals surface area contributed by atoms with Gasteiger partial charge < -0.3 is 15.1 Å². The summed E-state index contributed by atoms with van der Waals surface area (Å²) in [4.78, 5) is 14.0. The van der Waals surface area contributed by atoms with Crippen LogP contribution in [0.4, 0.5) is 0 Å². The van der Waals surface area contributed by atoms with Gasteiger partial charge in [0.2, 0.25) is 0 Å². The quantitative estimate of drug-likeness (QED) is 0.895. The van der Waals surface area contributed by atoms with E-state index in [1.165, 1.54) is 6.07 Å². The molecule has 0 aliphatic heterocycles. The number of halogens is 1. The van der Waals surface area contributed by atoms with Gasteiger partial charge in [-0.15, -0.1) is 0 Å². The Morgan fingerprint density at radius 1 is 1.44 bits per heavy atom. The number of amides is 1. The number of nitrogens with zero attached hydrogens (tertiary/aromatic N) is 1. The number of aliphatic hydroxyl groups is 1. The Morgan fingerprint density at radius 2 is 2.17 bits per heavy atom. The number of aliphatic hydroxyl groups excluding tert-OH is 1. The Hall–Kier alpha value is -1.07. The summed E-state index contributed by atoms with van der Waals surface area (Å²) in [7, 11) is 0. The van der Waals surface area contributed by atoms with Crippen molar-refractivity contribution in [3.05, 3.63) is 28.2 Å². The Balaban J connectivity index is 2.21. The zero-order valence-corrected chi connectivity index (χ0v) is 11.6. The molecule has 0 aromatic heterocycles. The van der Waals surface area contributed by atoms with E-state index in [4.69, 9.17) is 5.11 Å². The van der Waals surface area contributed by atoms with Gasteiger partial charge in [0.1, 0.15) is 5.75 Å². The molecule has 1 aliphatic rings. The number of aromatic hydroxyl groups is 1. The fourth-order valence-electron chi connectivity index (χ4n) is 2.10. The number of phenolic OH excluding ortho intramolecular Hbond substituents is 1. The molecule has 1 aliphatic carbocycles. The van der Waals surface area contributed by atoms with Gasteiger partial charge in [0.15, 0.2) is 0 Å². The fourth-order valence-corrected chi connectivity index (χ4v) is 2.45. The SMILES string of the molecule is O=C(c1ccc(Br)cc1O)N(CCO)C1CCC1. The molecule has 0 unspecified atom stereocenters. The average molecular weight is 314 g/mol. The fraction of sp³-hybridized carbons (Fsp3) is 0.462. The molecule has 5 heteroatoms. The second kappa shape index (κ2) is 5.71. The van der Waals surface area contributed by atoms with Gasteiger partial charge in [0.25, 0.3) is 5.91 Å². The first-order valence-electron chi connectivity index (χ1n) is 6.04. The number of carbonyl (C=O) groups excluding carboxylic acids is 1. The second-order valence-electron chi connectivity index (χ2n) is 4.47. The van der Waals surface area contributed by atoms with Crippen LogP contribution in [-0.2, 0) is 0 Å². The highest BCUT2D eigenvalue weighted by atomic mass is 79.9. The largest absolute Gasteiger partial charge is 0.507 e. The topological polar surface area (TPSA) is 60.8 Å². The minimum atomic E-state index is -0.209. The van der Waals surface area contributed by atoms with Crippen molar-refractivity contribution in [2.75, 3.05) is 13.2 Å². The highest BCUT2D eigenvalue weighted by Gasteiger charge is 2.30. The summed E-state index contributed by atoms with van der Waals surface area (Å²) < 4.78 is 0.730. The summed E-state index contributed by atoms with van der Waals surface area (Å²) in [6.45, 7) is 0.262. The van der Waals surface area contributed by atoms with Crippen molar-refractivity contribution in [2.45, 2.75) is 25.3 Å². The molecule has 1 fully saturated rings. The van der Waals surface area contributed by atoms with Crippen LogP contribution in [0.25, 0.3) is 0 Å². The van der Waals surface area contributed by atoms with E-state index in [1.807, 2.05) is 0 Å². The van der Waals surface area contributed by atoms with Crippen molar-refractivity contribution in [3.63, 3.8) is 0 Å². The van der Waals surface area contributed by atoms with Gasteiger partial charge >= 0.3 is 0 Å². The van der Waals surface area contributed by atoms with Gasteiger partial charge in [0, 0.05) is 17.1 Å². The van der Waals surface area contributed by atoms with E-state index >= 15 is 0 Å². The van der Waals surface area contributed by atoms with Gasteiger partial charge in [-0.25, -0.2) is 0 Å². The third-order valence-electron chi connectivity index (χ3n) is 3.31. The van der Waals surface area contributed by atoms with Crippen LogP contribution in [-0.4, -0.2) is 40.2 Å². The molecular formula is C13H16BrNO3. The Kier molecular flexibility index (Phi) is 4.24. The minimum absolute atomic E-state index is 0.0309. The van der Waals surface area contributed by atoms with Gasteiger partial charge in [0.05, 0.1) is 12.2 Å². The smallest absolute Gasteiger partial charge is 0.257 e. The van der Waals surface area contributed by atoms with E-state index in [9.17, 15) is 9.90 Å². The molecule has 0 bridgehead atoms. The van der Waals surface area contributed by atoms with Crippen molar-refractivity contribution in [3.8, 4) is 5.75 Å². The number of carbonyl (C=O) groups is 1. The molecule has 0 atom stereocenters. The normalized spacial score (nSPS) is 15.2. The van der Waals surface area contributed by atoms with Crippen LogP contribution in [0.5, 0.6) is 5.75 Å². The first kappa shape index (κ1) is 13.4. The van der Waals surface area contributed by atoms with Crippen LogP contribution >= 0.6 is 15.9 Å². The maximum Gasteiger partial charge on any atom is 0.257 e. The molecule has 0 heterocycles. The zero-order valence-electron chi connectivity index (χ0n) is 9.97. The maximum absolute atomic E-state index is 12.3. The molecular weight excluding hydrogens is 298 g/mol. The highest BCUT2D eigenvalue weighted by molar-refractivity contribution is 9.10. The van der Waals surface area contributed by atoms with Crippen molar-refractivity contribution >= 4 is 21.8 Å². The first-order valence-corrected chi connectivity index (χ1v) is 6.83. The van der Waals surface area contributed by atoms with Gasteiger partial charge in [-0.05, 0) is 37.5 Å². The second-order valence-corrected chi connectivity index (χ2v) is 5.38. The summed E-state index contributed by atoms with van der Waals surface area (Å²) >= 11 is 3.24. The molecule has 2 rings (SSSR count). The van der Waals surface area contributed by atoms with Crippen LogP contribution in [0.15, 0.2) is 22.7 Å². The predicted octanol–water partition coefficient (Wildman–Crippen LogP) is 2.14. The Bertz CT molecular complexity index is 446. The predicted molar refractivity (Wildman–Crippen MR) is 71.6 cm³/mol. The monoisotopic (exact) mass is 313 g/mol. The molecule has 1 aromatic rings. The third-order valence-corrected chi connectivity index (χ3v) is 3.80. The minimum Gasteiger partial charge on any atom is -0.507 e. The molecule has 0 spiro atoms. The van der Waals surface area contributed by atoms with Crippen molar-refractivity contribution in [1.29, 1.82) is 0 Å². The number of phenols is 1. The highest BCUT2D eigenvalue weighted by Crippen LogP contribution is 2.29. The lowest BCUT2D eigenvalue weighted by molar-refractivity contribution is 0.0523. The van der Waals surface area contributed by atoms with E-state index in [2.05, 4.69) is 15.9 Å². The van der Waals surface area contributed by atoms with Gasteiger partial charge in [-0.3, -0.25) is 4.79 Å². The first-order chi connectivity index (χ1) is 8.63. The standard InChI is InChI=1S/C13H16BrNO3/c14-9-4-5-11(12(17)8-9)13(18)15(6-7-16)10-2-1-3-10/h4-5,8,10,16-17H,1-3,6-7H2. The van der Waals surface area contributed by atoms with Gasteiger partial charge in [-0.1, -0.05) is 15.9 Å². The molecule has 2 N–H and O–H groups in total. The summed E-state index contributed by atoms with van der Waals surface area (Å²) in [6, 6.07) is 5.04. The molecule has 1 aromatic carbocycles. The molecule has 98 valence electrons. The molecule has 0 saturated heterocycles. The van der Waals surface area contributed by atoms with Gasteiger partial charge in [-0.2, -0.15) is 0 Å². The molecule has 1 amide bonds. The van der Waals surface area contributed by atoms with Crippen molar-refractivity contribution in [2.24, 2.45) is 0 Å². The Morgan fingerprint density at radius 3 is 2.67 bits per heavy atom. The van der Waals surface area contributed by atoms with E-state index < -0.39 is 0 Å².